The van der Waals surface area contributed by atoms with Crippen LogP contribution < -0.4 is 15.2 Å². The zero-order chi connectivity index (χ0) is 21.0. The van der Waals surface area contributed by atoms with E-state index in [-0.39, 0.29) is 37.1 Å². The minimum atomic E-state index is -3.27. The maximum Gasteiger partial charge on any atom is 0.341 e. The SMILES string of the molecule is COc1c(C)c2c(c(NC(=O)C(F)F)c1C/C=C(\C)CCC(=O)[O-])C(=O)OC2. The van der Waals surface area contributed by atoms with E-state index >= 15 is 0 Å². The van der Waals surface area contributed by atoms with Gasteiger partial charge in [-0.15, -0.1) is 0 Å². The number of carbonyl (C=O) groups excluding carboxylic acids is 3. The minimum absolute atomic E-state index is 0.0306. The van der Waals surface area contributed by atoms with Gasteiger partial charge in [-0.2, -0.15) is 8.78 Å². The number of halogens is 2. The zero-order valence-electron chi connectivity index (χ0n) is 15.7. The Kier molecular flexibility index (Phi) is 6.71. The molecule has 0 fully saturated rings. The van der Waals surface area contributed by atoms with Crippen LogP contribution >= 0.6 is 0 Å². The Labute approximate surface area is 160 Å². The largest absolute Gasteiger partial charge is 0.550 e. The molecule has 0 aliphatic carbocycles. The highest BCUT2D eigenvalue weighted by atomic mass is 19.3. The Morgan fingerprint density at radius 1 is 1.36 bits per heavy atom. The van der Waals surface area contributed by atoms with Gasteiger partial charge in [-0.05, 0) is 38.7 Å². The summed E-state index contributed by atoms with van der Waals surface area (Å²) < 4.78 is 36.0. The second kappa shape index (κ2) is 8.81. The molecule has 0 aromatic heterocycles. The number of anilines is 1. The number of ether oxygens (including phenoxy) is 2. The van der Waals surface area contributed by atoms with Crippen molar-refractivity contribution in [2.75, 3.05) is 12.4 Å². The van der Waals surface area contributed by atoms with Gasteiger partial charge in [0.25, 0.3) is 5.91 Å². The zero-order valence-corrected chi connectivity index (χ0v) is 15.7. The first-order valence-electron chi connectivity index (χ1n) is 8.51. The lowest BCUT2D eigenvalue weighted by Crippen LogP contribution is -2.23. The molecule has 28 heavy (non-hydrogen) atoms. The Balaban J connectivity index is 2.55. The summed E-state index contributed by atoms with van der Waals surface area (Å²) in [4.78, 5) is 34.4. The highest BCUT2D eigenvalue weighted by Crippen LogP contribution is 2.41. The van der Waals surface area contributed by atoms with E-state index in [1.165, 1.54) is 7.11 Å². The average molecular weight is 396 g/mol. The van der Waals surface area contributed by atoms with Crippen molar-refractivity contribution in [2.45, 2.75) is 46.1 Å². The van der Waals surface area contributed by atoms with Crippen molar-refractivity contribution in [1.82, 2.24) is 0 Å². The van der Waals surface area contributed by atoms with Crippen LogP contribution in [0.1, 0.15) is 46.8 Å². The number of carbonyl (C=O) groups is 3. The monoisotopic (exact) mass is 396 g/mol. The number of rotatable bonds is 8. The van der Waals surface area contributed by atoms with Crippen LogP contribution in [0.25, 0.3) is 0 Å². The van der Waals surface area contributed by atoms with Crippen LogP contribution in [0.15, 0.2) is 11.6 Å². The number of alkyl halides is 2. The molecule has 0 atom stereocenters. The molecule has 0 spiro atoms. The molecule has 1 aliphatic heterocycles. The van der Waals surface area contributed by atoms with Crippen molar-refractivity contribution in [2.24, 2.45) is 0 Å². The van der Waals surface area contributed by atoms with Crippen LogP contribution in [0.2, 0.25) is 0 Å². The Bertz CT molecular complexity index is 848. The number of methoxy groups -OCH3 is 1. The third-order valence-corrected chi connectivity index (χ3v) is 4.50. The molecule has 1 heterocycles. The van der Waals surface area contributed by atoms with Crippen LogP contribution in [-0.2, 0) is 27.4 Å². The number of esters is 1. The highest BCUT2D eigenvalue weighted by molar-refractivity contribution is 6.06. The van der Waals surface area contributed by atoms with E-state index in [0.717, 1.165) is 5.57 Å². The molecule has 7 nitrogen and oxygen atoms in total. The number of cyclic esters (lactones) is 1. The highest BCUT2D eigenvalue weighted by Gasteiger charge is 2.33. The summed E-state index contributed by atoms with van der Waals surface area (Å²) in [5.41, 5.74) is 2.08. The van der Waals surface area contributed by atoms with E-state index in [4.69, 9.17) is 9.47 Å². The van der Waals surface area contributed by atoms with Gasteiger partial charge in [0.1, 0.15) is 12.4 Å². The summed E-state index contributed by atoms with van der Waals surface area (Å²) in [5.74, 6) is -3.12. The summed E-state index contributed by atoms with van der Waals surface area (Å²) in [6.07, 6.45) is -1.37. The van der Waals surface area contributed by atoms with Gasteiger partial charge >= 0.3 is 12.4 Å². The third kappa shape index (κ3) is 4.47. The lowest BCUT2D eigenvalue weighted by Gasteiger charge is -2.19. The lowest BCUT2D eigenvalue weighted by molar-refractivity contribution is -0.305. The predicted octanol–water partition coefficient (Wildman–Crippen LogP) is 1.90. The molecule has 1 N–H and O–H groups in total. The molecule has 1 aliphatic rings. The van der Waals surface area contributed by atoms with Gasteiger partial charge in [0.05, 0.1) is 18.4 Å². The van der Waals surface area contributed by atoms with E-state index in [1.807, 2.05) is 0 Å². The predicted molar refractivity (Wildman–Crippen MR) is 93.2 cm³/mol. The molecule has 0 bridgehead atoms. The summed E-state index contributed by atoms with van der Waals surface area (Å²) in [6, 6.07) is 0. The third-order valence-electron chi connectivity index (χ3n) is 4.50. The van der Waals surface area contributed by atoms with Crippen LogP contribution in [0.4, 0.5) is 14.5 Å². The molecular weight excluding hydrogens is 376 g/mol. The van der Waals surface area contributed by atoms with Gasteiger partial charge in [0, 0.05) is 17.1 Å². The van der Waals surface area contributed by atoms with Gasteiger partial charge in [0.15, 0.2) is 0 Å². The van der Waals surface area contributed by atoms with Gasteiger partial charge in [0.2, 0.25) is 0 Å². The second-order valence-corrected chi connectivity index (χ2v) is 6.36. The van der Waals surface area contributed by atoms with E-state index in [2.05, 4.69) is 5.32 Å². The number of hydrogen-bond donors (Lipinski definition) is 1. The van der Waals surface area contributed by atoms with Crippen molar-refractivity contribution >= 4 is 23.5 Å². The Hall–Kier alpha value is -2.97. The van der Waals surface area contributed by atoms with Gasteiger partial charge in [-0.3, -0.25) is 4.79 Å². The fourth-order valence-electron chi connectivity index (χ4n) is 3.05. The molecule has 0 saturated carbocycles. The maximum absolute atomic E-state index is 12.8. The first-order valence-corrected chi connectivity index (χ1v) is 8.51. The molecule has 0 saturated heterocycles. The molecule has 0 unspecified atom stereocenters. The summed E-state index contributed by atoms with van der Waals surface area (Å²) >= 11 is 0. The molecule has 1 aromatic carbocycles. The average Bonchev–Trinajstić information content (AvgIpc) is 3.02. The van der Waals surface area contributed by atoms with Crippen LogP contribution in [0, 0.1) is 6.92 Å². The number of allylic oxidation sites excluding steroid dienone is 2. The first kappa shape index (κ1) is 21.3. The van der Waals surface area contributed by atoms with E-state index in [1.54, 1.807) is 19.9 Å². The second-order valence-electron chi connectivity index (χ2n) is 6.36. The van der Waals surface area contributed by atoms with Crippen molar-refractivity contribution in [3.05, 3.63) is 33.9 Å². The van der Waals surface area contributed by atoms with Crippen molar-refractivity contribution in [3.8, 4) is 5.75 Å². The Morgan fingerprint density at radius 2 is 2.04 bits per heavy atom. The minimum Gasteiger partial charge on any atom is -0.550 e. The maximum atomic E-state index is 12.8. The molecule has 152 valence electrons. The lowest BCUT2D eigenvalue weighted by atomic mass is 9.93. The molecule has 2 rings (SSSR count). The molecule has 1 amide bonds. The number of amides is 1. The normalized spacial score (nSPS) is 13.4. The van der Waals surface area contributed by atoms with Crippen LogP contribution in [0.3, 0.4) is 0 Å². The number of carboxylic acids is 1. The topological polar surface area (TPSA) is 105 Å². The van der Waals surface area contributed by atoms with E-state index in [0.29, 0.717) is 22.4 Å². The van der Waals surface area contributed by atoms with Crippen LogP contribution in [0.5, 0.6) is 5.75 Å². The van der Waals surface area contributed by atoms with Gasteiger partial charge < -0.3 is 24.7 Å². The quantitative estimate of drug-likeness (QED) is 0.532. The van der Waals surface area contributed by atoms with Crippen LogP contribution in [-0.4, -0.2) is 31.4 Å². The van der Waals surface area contributed by atoms with E-state index < -0.39 is 24.3 Å². The van der Waals surface area contributed by atoms with Crippen molar-refractivity contribution in [1.29, 1.82) is 0 Å². The molecular formula is C19H20F2NO6-. The molecule has 0 radical (unpaired) electrons. The van der Waals surface area contributed by atoms with E-state index in [9.17, 15) is 28.3 Å². The number of fused-ring (bicyclic) bond motifs is 1. The molecule has 1 aromatic rings. The number of carboxylic acid groups (broad SMARTS) is 1. The van der Waals surface area contributed by atoms with Gasteiger partial charge in [-0.25, -0.2) is 4.79 Å². The number of hydrogen-bond acceptors (Lipinski definition) is 6. The smallest absolute Gasteiger partial charge is 0.341 e. The fourth-order valence-corrected chi connectivity index (χ4v) is 3.05. The standard InChI is InChI=1S/C19H21F2NO6/c1-9(5-7-13(23)24)4-6-11-15(22-18(25)17(20)21)14-12(8-28-19(14)26)10(2)16(11)27-3/h4,17H,5-8H2,1-3H3,(H,22,25)(H,23,24)/p-1/b9-4+. The van der Waals surface area contributed by atoms with Crippen molar-refractivity contribution < 1.29 is 37.7 Å². The first-order chi connectivity index (χ1) is 13.2. The summed E-state index contributed by atoms with van der Waals surface area (Å²) in [6.45, 7) is 3.37. The fraction of sp³-hybridized carbons (Fsp3) is 0.421. The Morgan fingerprint density at radius 3 is 2.61 bits per heavy atom. The summed E-state index contributed by atoms with van der Waals surface area (Å²) in [5, 5.41) is 12.7. The number of aliphatic carboxylic acids is 1. The summed E-state index contributed by atoms with van der Waals surface area (Å²) in [7, 11) is 1.39. The number of benzene rings is 1. The molecule has 9 heteroatoms. The van der Waals surface area contributed by atoms with Gasteiger partial charge in [-0.1, -0.05) is 11.6 Å². The number of nitrogens with one attached hydrogen (secondary N) is 1. The van der Waals surface area contributed by atoms with Crippen molar-refractivity contribution in [3.63, 3.8) is 0 Å².